The summed E-state index contributed by atoms with van der Waals surface area (Å²) >= 11 is 0. The van der Waals surface area contributed by atoms with E-state index in [1.54, 1.807) is 0 Å². The summed E-state index contributed by atoms with van der Waals surface area (Å²) in [6.07, 6.45) is -0.993. The molecule has 0 unspecified atom stereocenters. The van der Waals surface area contributed by atoms with Gasteiger partial charge in [0.25, 0.3) is 0 Å². The summed E-state index contributed by atoms with van der Waals surface area (Å²) in [5, 5.41) is 0. The number of carbonyl (C=O) groups excluding carboxylic acids is 1. The summed E-state index contributed by atoms with van der Waals surface area (Å²) in [4.78, 5) is 9.12. The minimum absolute atomic E-state index is 0.951. The van der Waals surface area contributed by atoms with E-state index in [9.17, 15) is 13.2 Å². The van der Waals surface area contributed by atoms with E-state index >= 15 is 0 Å². The Hall–Kier alpha value is -1.30. The fourth-order valence-corrected chi connectivity index (χ4v) is 0.774. The predicted molar refractivity (Wildman–Crippen MR) is 57.5 cm³/mol. The standard InChI is InChI=1S/C8H16N.C2H2F3NO/c1-5-7-9(3,4)8-6-2;3-2(4,5)1(6)7/h5-6H,1-2,7-8H2,3-4H3;(H2,6,7)/q+1;. The molecule has 0 rings (SSSR count). The van der Waals surface area contributed by atoms with Crippen LogP contribution in [0.15, 0.2) is 25.3 Å². The molecule has 0 aromatic carbocycles. The van der Waals surface area contributed by atoms with E-state index in [0.717, 1.165) is 17.6 Å². The summed E-state index contributed by atoms with van der Waals surface area (Å²) in [5.74, 6) is -2.26. The van der Waals surface area contributed by atoms with Crippen LogP contribution < -0.4 is 5.73 Å². The van der Waals surface area contributed by atoms with Crippen molar-refractivity contribution in [2.45, 2.75) is 6.18 Å². The molecule has 2 N–H and O–H groups in total. The van der Waals surface area contributed by atoms with E-state index in [2.05, 4.69) is 33.0 Å². The molecule has 0 spiro atoms. The lowest BCUT2D eigenvalue weighted by Crippen LogP contribution is -2.39. The van der Waals surface area contributed by atoms with Crippen molar-refractivity contribution in [3.05, 3.63) is 25.3 Å². The highest BCUT2D eigenvalue weighted by atomic mass is 19.4. The second-order valence-electron chi connectivity index (χ2n) is 3.74. The lowest BCUT2D eigenvalue weighted by Gasteiger charge is -2.26. The van der Waals surface area contributed by atoms with Gasteiger partial charge in [-0.3, -0.25) is 4.79 Å². The van der Waals surface area contributed by atoms with Crippen molar-refractivity contribution in [2.75, 3.05) is 27.2 Å². The maximum Gasteiger partial charge on any atom is 0.470 e. The van der Waals surface area contributed by atoms with E-state index < -0.39 is 12.1 Å². The molecule has 0 aliphatic heterocycles. The quantitative estimate of drug-likeness (QED) is 0.586. The van der Waals surface area contributed by atoms with Crippen LogP contribution in [0.1, 0.15) is 0 Å². The van der Waals surface area contributed by atoms with Gasteiger partial charge in [-0.2, -0.15) is 13.2 Å². The van der Waals surface area contributed by atoms with Crippen molar-refractivity contribution >= 4 is 5.91 Å². The van der Waals surface area contributed by atoms with Gasteiger partial charge in [0.1, 0.15) is 0 Å². The summed E-state index contributed by atoms with van der Waals surface area (Å²) in [7, 11) is 4.31. The second kappa shape index (κ2) is 7.05. The summed E-state index contributed by atoms with van der Waals surface area (Å²) < 4.78 is 33.1. The number of carbonyl (C=O) groups is 1. The molecule has 0 atom stereocenters. The topological polar surface area (TPSA) is 43.1 Å². The van der Waals surface area contributed by atoms with Gasteiger partial charge in [-0.15, -0.1) is 0 Å². The van der Waals surface area contributed by atoms with E-state index in [0.29, 0.717) is 0 Å². The fraction of sp³-hybridized carbons (Fsp3) is 0.500. The number of rotatable bonds is 4. The van der Waals surface area contributed by atoms with Gasteiger partial charge < -0.3 is 10.2 Å². The highest BCUT2D eigenvalue weighted by molar-refractivity contribution is 5.79. The minimum atomic E-state index is -4.86. The second-order valence-corrected chi connectivity index (χ2v) is 3.74. The Morgan fingerprint density at radius 2 is 1.50 bits per heavy atom. The summed E-state index contributed by atoms with van der Waals surface area (Å²) in [6, 6.07) is 0. The van der Waals surface area contributed by atoms with Crippen LogP contribution in [-0.2, 0) is 4.79 Å². The zero-order chi connectivity index (χ0) is 13.4. The number of nitrogens with zero attached hydrogens (tertiary/aromatic N) is 1. The third kappa shape index (κ3) is 10.8. The average Bonchev–Trinajstić information content (AvgIpc) is 2.02. The molecule has 6 heteroatoms. The zero-order valence-corrected chi connectivity index (χ0v) is 9.55. The van der Waals surface area contributed by atoms with Crippen LogP contribution in [0.3, 0.4) is 0 Å². The number of amides is 1. The monoisotopic (exact) mass is 239 g/mol. The van der Waals surface area contributed by atoms with Gasteiger partial charge in [0.05, 0.1) is 27.2 Å². The molecule has 0 aliphatic rings. The Balaban J connectivity index is 0. The Kier molecular flexibility index (Phi) is 7.54. The van der Waals surface area contributed by atoms with Crippen LogP contribution in [-0.4, -0.2) is 43.8 Å². The van der Waals surface area contributed by atoms with Gasteiger partial charge in [0, 0.05) is 0 Å². The Bertz CT molecular complexity index is 235. The predicted octanol–water partition coefficient (Wildman–Crippen LogP) is 1.47. The third-order valence-corrected chi connectivity index (χ3v) is 1.53. The molecular weight excluding hydrogens is 221 g/mol. The molecule has 0 aliphatic carbocycles. The first-order valence-corrected chi connectivity index (χ1v) is 4.47. The number of quaternary nitrogens is 1. The van der Waals surface area contributed by atoms with Crippen LogP contribution in [0.25, 0.3) is 0 Å². The maximum absolute atomic E-state index is 10.7. The molecule has 1 amide bonds. The number of primary amides is 1. The molecule has 94 valence electrons. The van der Waals surface area contributed by atoms with Crippen molar-refractivity contribution in [3.63, 3.8) is 0 Å². The maximum atomic E-state index is 10.7. The summed E-state index contributed by atoms with van der Waals surface area (Å²) in [5.41, 5.74) is 3.81. The van der Waals surface area contributed by atoms with Crippen molar-refractivity contribution in [2.24, 2.45) is 5.73 Å². The van der Waals surface area contributed by atoms with E-state index in [4.69, 9.17) is 4.79 Å². The largest absolute Gasteiger partial charge is 0.470 e. The van der Waals surface area contributed by atoms with Crippen LogP contribution in [0.2, 0.25) is 0 Å². The molecule has 3 nitrogen and oxygen atoms in total. The molecular formula is C10H18F3N2O+. The Morgan fingerprint density at radius 1 is 1.25 bits per heavy atom. The first-order valence-electron chi connectivity index (χ1n) is 4.47. The lowest BCUT2D eigenvalue weighted by molar-refractivity contribution is -0.878. The molecule has 0 heterocycles. The van der Waals surface area contributed by atoms with Gasteiger partial charge in [0.2, 0.25) is 0 Å². The normalized spacial score (nSPS) is 11.1. The Labute approximate surface area is 93.6 Å². The van der Waals surface area contributed by atoms with Crippen molar-refractivity contribution < 1.29 is 22.4 Å². The minimum Gasteiger partial charge on any atom is -0.362 e. The third-order valence-electron chi connectivity index (χ3n) is 1.53. The molecule has 0 fully saturated rings. The molecule has 0 saturated carbocycles. The summed E-state index contributed by atoms with van der Waals surface area (Å²) in [6.45, 7) is 9.37. The Morgan fingerprint density at radius 3 is 1.62 bits per heavy atom. The highest BCUT2D eigenvalue weighted by Gasteiger charge is 2.35. The molecule has 0 bridgehead atoms. The van der Waals surface area contributed by atoms with Crippen molar-refractivity contribution in [1.29, 1.82) is 0 Å². The number of nitrogens with two attached hydrogens (primary N) is 1. The van der Waals surface area contributed by atoms with Crippen LogP contribution in [0, 0.1) is 0 Å². The fourth-order valence-electron chi connectivity index (χ4n) is 0.774. The van der Waals surface area contributed by atoms with Crippen LogP contribution in [0.4, 0.5) is 13.2 Å². The van der Waals surface area contributed by atoms with Gasteiger partial charge in [-0.1, -0.05) is 13.2 Å². The lowest BCUT2D eigenvalue weighted by atomic mass is 10.4. The first-order chi connectivity index (χ1) is 7.06. The molecule has 0 aromatic rings. The molecule has 0 radical (unpaired) electrons. The number of likely N-dealkylation sites (N-methyl/N-ethyl adjacent to an activating group) is 1. The molecule has 0 saturated heterocycles. The number of hydrogen-bond acceptors (Lipinski definition) is 1. The number of alkyl halides is 3. The molecule has 0 aromatic heterocycles. The van der Waals surface area contributed by atoms with E-state index in [1.165, 1.54) is 0 Å². The first kappa shape index (κ1) is 17.1. The SMILES string of the molecule is C=CC[N+](C)(C)CC=C.NC(=O)C(F)(F)F. The highest BCUT2D eigenvalue weighted by Crippen LogP contribution is 2.11. The van der Waals surface area contributed by atoms with E-state index in [1.807, 2.05) is 12.2 Å². The van der Waals surface area contributed by atoms with Crippen LogP contribution >= 0.6 is 0 Å². The van der Waals surface area contributed by atoms with Gasteiger partial charge in [-0.05, 0) is 12.2 Å². The van der Waals surface area contributed by atoms with Gasteiger partial charge >= 0.3 is 12.1 Å². The smallest absolute Gasteiger partial charge is 0.362 e. The molecule has 16 heavy (non-hydrogen) atoms. The number of halogens is 3. The van der Waals surface area contributed by atoms with Gasteiger partial charge in [0.15, 0.2) is 0 Å². The number of hydrogen-bond donors (Lipinski definition) is 1. The van der Waals surface area contributed by atoms with Crippen LogP contribution in [0.5, 0.6) is 0 Å². The zero-order valence-electron chi connectivity index (χ0n) is 9.55. The van der Waals surface area contributed by atoms with Gasteiger partial charge in [-0.25, -0.2) is 0 Å². The van der Waals surface area contributed by atoms with Crippen molar-refractivity contribution in [3.8, 4) is 0 Å². The van der Waals surface area contributed by atoms with E-state index in [-0.39, 0.29) is 0 Å². The average molecular weight is 239 g/mol. The van der Waals surface area contributed by atoms with Crippen molar-refractivity contribution in [1.82, 2.24) is 0 Å².